The summed E-state index contributed by atoms with van der Waals surface area (Å²) < 4.78 is 47.5. The van der Waals surface area contributed by atoms with Crippen molar-refractivity contribution in [1.29, 1.82) is 0 Å². The van der Waals surface area contributed by atoms with Gasteiger partial charge in [0.15, 0.2) is 5.69 Å². The number of nitro benzene ring substituents is 1. The Morgan fingerprint density at radius 1 is 1.03 bits per heavy atom. The van der Waals surface area contributed by atoms with Crippen LogP contribution in [0, 0.1) is 10.1 Å². The molecule has 8 nitrogen and oxygen atoms in total. The number of hydrogen-bond donors (Lipinski definition) is 1. The third-order valence-corrected chi connectivity index (χ3v) is 5.15. The van der Waals surface area contributed by atoms with Gasteiger partial charge in [0, 0.05) is 23.4 Å². The monoisotopic (exact) mass is 482 g/mol. The Balaban J connectivity index is 1.62. The number of alkyl halides is 3. The van der Waals surface area contributed by atoms with Crippen LogP contribution in [0.4, 0.5) is 24.5 Å². The lowest BCUT2D eigenvalue weighted by Gasteiger charge is -2.13. The molecule has 4 aromatic rings. The Kier molecular flexibility index (Phi) is 6.24. The average molecular weight is 482 g/mol. The highest BCUT2D eigenvalue weighted by atomic mass is 19.4. The van der Waals surface area contributed by atoms with Crippen molar-refractivity contribution in [2.45, 2.75) is 6.18 Å². The van der Waals surface area contributed by atoms with E-state index in [1.165, 1.54) is 0 Å². The lowest BCUT2D eigenvalue weighted by atomic mass is 10.0. The Labute approximate surface area is 196 Å². The Morgan fingerprint density at radius 3 is 2.29 bits per heavy atom. The molecular weight excluding hydrogens is 465 g/mol. The van der Waals surface area contributed by atoms with Gasteiger partial charge >= 0.3 is 6.18 Å². The first-order valence-corrected chi connectivity index (χ1v) is 10.1. The van der Waals surface area contributed by atoms with Gasteiger partial charge in [0.2, 0.25) is 0 Å². The molecule has 0 saturated carbocycles. The zero-order chi connectivity index (χ0) is 25.2. The molecule has 0 aliphatic rings. The fourth-order valence-corrected chi connectivity index (χ4v) is 3.51. The van der Waals surface area contributed by atoms with Gasteiger partial charge < -0.3 is 10.1 Å². The largest absolute Gasteiger partial charge is 0.496 e. The molecule has 11 heteroatoms. The predicted octanol–water partition coefficient (Wildman–Crippen LogP) is 5.73. The number of hydrogen-bond acceptors (Lipinski definition) is 5. The molecule has 178 valence electrons. The van der Waals surface area contributed by atoms with E-state index in [2.05, 4.69) is 10.4 Å². The summed E-state index contributed by atoms with van der Waals surface area (Å²) in [5, 5.41) is 17.0. The minimum atomic E-state index is -4.92. The molecule has 3 aromatic carbocycles. The van der Waals surface area contributed by atoms with Gasteiger partial charge in [-0.2, -0.15) is 18.3 Å². The van der Waals surface area contributed by atoms with Crippen LogP contribution in [0.5, 0.6) is 5.75 Å². The third-order valence-electron chi connectivity index (χ3n) is 5.15. The number of carbonyl (C=O) groups excluding carboxylic acids is 1. The minimum absolute atomic E-state index is 0.0804. The van der Waals surface area contributed by atoms with Crippen LogP contribution in [0.25, 0.3) is 16.8 Å². The van der Waals surface area contributed by atoms with Crippen molar-refractivity contribution in [3.63, 3.8) is 0 Å². The van der Waals surface area contributed by atoms with Crippen molar-refractivity contribution < 1.29 is 27.6 Å². The second-order valence-electron chi connectivity index (χ2n) is 7.32. The van der Waals surface area contributed by atoms with Crippen molar-refractivity contribution in [2.24, 2.45) is 0 Å². The molecular formula is C24H17F3N4O4. The first-order valence-electron chi connectivity index (χ1n) is 10.1. The fraction of sp³-hybridized carbons (Fsp3) is 0.0833. The second-order valence-corrected chi connectivity index (χ2v) is 7.32. The van der Waals surface area contributed by atoms with Crippen LogP contribution in [0.2, 0.25) is 0 Å². The summed E-state index contributed by atoms with van der Waals surface area (Å²) in [6.07, 6.45) is -4.11. The number of halogens is 3. The number of non-ortho nitro benzene ring substituents is 1. The SMILES string of the molecule is COc1ccccc1-c1ccc(NC(=O)c2cnn(-c3ccc([N+](=O)[O-])cc3)c2C(F)(F)F)cc1. The van der Waals surface area contributed by atoms with Crippen LogP contribution >= 0.6 is 0 Å². The smallest absolute Gasteiger partial charge is 0.434 e. The molecule has 1 N–H and O–H groups in total. The number of nitrogens with zero attached hydrogens (tertiary/aromatic N) is 3. The van der Waals surface area contributed by atoms with Gasteiger partial charge in [-0.25, -0.2) is 4.68 Å². The summed E-state index contributed by atoms with van der Waals surface area (Å²) >= 11 is 0. The Hall–Kier alpha value is -4.67. The van der Waals surface area contributed by atoms with Crippen molar-refractivity contribution in [3.8, 4) is 22.6 Å². The molecule has 0 saturated heterocycles. The summed E-state index contributed by atoms with van der Waals surface area (Å²) in [5.74, 6) is -0.353. The van der Waals surface area contributed by atoms with Gasteiger partial charge in [-0.05, 0) is 35.9 Å². The molecule has 4 rings (SSSR count). The third kappa shape index (κ3) is 4.83. The normalized spacial score (nSPS) is 11.2. The maximum Gasteiger partial charge on any atom is 0.434 e. The number of anilines is 1. The lowest BCUT2D eigenvalue weighted by Crippen LogP contribution is -2.20. The number of benzene rings is 3. The van der Waals surface area contributed by atoms with Crippen LogP contribution in [-0.2, 0) is 6.18 Å². The Bertz CT molecular complexity index is 1380. The van der Waals surface area contributed by atoms with E-state index < -0.39 is 28.3 Å². The molecule has 1 heterocycles. The highest BCUT2D eigenvalue weighted by molar-refractivity contribution is 6.05. The standard InChI is InChI=1S/C24H17F3N4O4/c1-35-21-5-3-2-4-19(21)15-6-8-16(9-7-15)29-23(32)20-14-28-30(22(20)24(25,26)27)17-10-12-18(13-11-17)31(33)34/h2-14H,1H3,(H,29,32). The molecule has 0 aliphatic heterocycles. The van der Waals surface area contributed by atoms with Gasteiger partial charge in [-0.1, -0.05) is 30.3 Å². The van der Waals surface area contributed by atoms with Gasteiger partial charge in [0.05, 0.1) is 29.5 Å². The van der Waals surface area contributed by atoms with Crippen LogP contribution in [0.15, 0.2) is 79.0 Å². The van der Waals surface area contributed by atoms with Gasteiger partial charge in [0.1, 0.15) is 5.75 Å². The number of ether oxygens (including phenoxy) is 1. The fourth-order valence-electron chi connectivity index (χ4n) is 3.51. The Morgan fingerprint density at radius 2 is 1.69 bits per heavy atom. The second kappa shape index (κ2) is 9.29. The van der Waals surface area contributed by atoms with Gasteiger partial charge in [-0.3, -0.25) is 14.9 Å². The molecule has 0 bridgehead atoms. The summed E-state index contributed by atoms with van der Waals surface area (Å²) in [4.78, 5) is 22.9. The minimum Gasteiger partial charge on any atom is -0.496 e. The molecule has 35 heavy (non-hydrogen) atoms. The van der Waals surface area contributed by atoms with E-state index in [1.807, 2.05) is 18.2 Å². The molecule has 1 amide bonds. The molecule has 0 radical (unpaired) electrons. The number of nitrogens with one attached hydrogen (secondary N) is 1. The summed E-state index contributed by atoms with van der Waals surface area (Å²) in [6, 6.07) is 18.2. The van der Waals surface area contributed by atoms with Crippen LogP contribution in [0.1, 0.15) is 16.1 Å². The average Bonchev–Trinajstić information content (AvgIpc) is 3.31. The highest BCUT2D eigenvalue weighted by Gasteiger charge is 2.40. The number of carbonyl (C=O) groups is 1. The van der Waals surface area contributed by atoms with Crippen LogP contribution < -0.4 is 10.1 Å². The summed E-state index contributed by atoms with van der Waals surface area (Å²) in [7, 11) is 1.54. The quantitative estimate of drug-likeness (QED) is 0.280. The van der Waals surface area contributed by atoms with Crippen molar-refractivity contribution >= 4 is 17.3 Å². The zero-order valence-electron chi connectivity index (χ0n) is 18.1. The van der Waals surface area contributed by atoms with E-state index in [0.29, 0.717) is 10.4 Å². The number of para-hydroxylation sites is 1. The highest BCUT2D eigenvalue weighted by Crippen LogP contribution is 2.35. The van der Waals surface area contributed by atoms with Crippen LogP contribution in [-0.4, -0.2) is 27.7 Å². The lowest BCUT2D eigenvalue weighted by molar-refractivity contribution is -0.384. The van der Waals surface area contributed by atoms with Crippen molar-refractivity contribution in [3.05, 3.63) is 100 Å². The van der Waals surface area contributed by atoms with Crippen molar-refractivity contribution in [1.82, 2.24) is 9.78 Å². The topological polar surface area (TPSA) is 99.3 Å². The number of aromatic nitrogens is 2. The zero-order valence-corrected chi connectivity index (χ0v) is 18.1. The van der Waals surface area contributed by atoms with E-state index in [0.717, 1.165) is 41.6 Å². The maximum absolute atomic E-state index is 13.9. The number of rotatable bonds is 6. The van der Waals surface area contributed by atoms with E-state index >= 15 is 0 Å². The van der Waals surface area contributed by atoms with E-state index in [1.54, 1.807) is 37.4 Å². The molecule has 0 unspecified atom stereocenters. The van der Waals surface area contributed by atoms with Crippen LogP contribution in [0.3, 0.4) is 0 Å². The summed E-state index contributed by atoms with van der Waals surface area (Å²) in [6.45, 7) is 0. The molecule has 0 fully saturated rings. The predicted molar refractivity (Wildman–Crippen MR) is 122 cm³/mol. The molecule has 0 spiro atoms. The maximum atomic E-state index is 13.9. The van der Waals surface area contributed by atoms with Gasteiger partial charge in [-0.15, -0.1) is 0 Å². The molecule has 0 aliphatic carbocycles. The number of methoxy groups -OCH3 is 1. The van der Waals surface area contributed by atoms with Gasteiger partial charge in [0.25, 0.3) is 11.6 Å². The number of nitro groups is 1. The number of amides is 1. The first kappa shape index (κ1) is 23.5. The first-order chi connectivity index (χ1) is 16.7. The van der Waals surface area contributed by atoms with E-state index in [4.69, 9.17) is 4.74 Å². The molecule has 0 atom stereocenters. The summed E-state index contributed by atoms with van der Waals surface area (Å²) in [5.41, 5.74) is -0.463. The van der Waals surface area contributed by atoms with E-state index in [-0.39, 0.29) is 17.1 Å². The molecule has 1 aromatic heterocycles. The van der Waals surface area contributed by atoms with Crippen molar-refractivity contribution in [2.75, 3.05) is 12.4 Å². The van der Waals surface area contributed by atoms with E-state index in [9.17, 15) is 28.1 Å².